The first-order valence-corrected chi connectivity index (χ1v) is 5.81. The summed E-state index contributed by atoms with van der Waals surface area (Å²) >= 11 is 5.89. The Morgan fingerprint density at radius 3 is 2.11 bits per heavy atom. The van der Waals surface area contributed by atoms with Crippen molar-refractivity contribution in [3.63, 3.8) is 0 Å². The van der Waals surface area contributed by atoms with Gasteiger partial charge in [-0.15, -0.1) is 0 Å². The van der Waals surface area contributed by atoms with Crippen molar-refractivity contribution in [2.24, 2.45) is 0 Å². The molecular formula is C11H9BClF4K. The van der Waals surface area contributed by atoms with Crippen LogP contribution in [0.1, 0.15) is 24.8 Å². The molecule has 0 radical (unpaired) electrons. The van der Waals surface area contributed by atoms with Gasteiger partial charge >= 0.3 is 58.4 Å². The Balaban J connectivity index is 0.00000120. The van der Waals surface area contributed by atoms with Gasteiger partial charge in [-0.3, -0.25) is 0 Å². The van der Waals surface area contributed by atoms with Crippen molar-refractivity contribution in [1.29, 1.82) is 0 Å². The molecule has 2 bridgehead atoms. The Bertz CT molecular complexity index is 483. The van der Waals surface area contributed by atoms with Crippen LogP contribution in [0.5, 0.6) is 0 Å². The molecule has 0 N–H and O–H groups in total. The van der Waals surface area contributed by atoms with E-state index in [2.05, 4.69) is 0 Å². The minimum absolute atomic E-state index is 0. The van der Waals surface area contributed by atoms with E-state index >= 15 is 0 Å². The second kappa shape index (κ2) is 4.46. The minimum Gasteiger partial charge on any atom is -0.449 e. The van der Waals surface area contributed by atoms with Crippen molar-refractivity contribution >= 4 is 18.6 Å². The van der Waals surface area contributed by atoms with E-state index in [0.717, 1.165) is 0 Å². The zero-order chi connectivity index (χ0) is 12.5. The fourth-order valence-electron chi connectivity index (χ4n) is 3.42. The van der Waals surface area contributed by atoms with E-state index in [-0.39, 0.29) is 75.7 Å². The van der Waals surface area contributed by atoms with Gasteiger partial charge in [-0.1, -0.05) is 42.2 Å². The van der Waals surface area contributed by atoms with Crippen molar-refractivity contribution < 1.29 is 68.7 Å². The van der Waals surface area contributed by atoms with Crippen molar-refractivity contribution in [3.8, 4) is 0 Å². The molecule has 0 unspecified atom stereocenters. The molecule has 7 heteroatoms. The summed E-state index contributed by atoms with van der Waals surface area (Å²) in [5.41, 5.74) is 0.227. The summed E-state index contributed by atoms with van der Waals surface area (Å²) in [5, 5.41) is -1.19. The smallest absolute Gasteiger partial charge is 0.449 e. The zero-order valence-corrected chi connectivity index (χ0v) is 13.7. The molecular weight excluding hydrogens is 293 g/mol. The third kappa shape index (κ3) is 1.95. The van der Waals surface area contributed by atoms with Gasteiger partial charge in [0, 0.05) is 5.02 Å². The molecule has 1 aromatic carbocycles. The summed E-state index contributed by atoms with van der Waals surface area (Å²) in [6.07, 6.45) is 0.360. The summed E-state index contributed by atoms with van der Waals surface area (Å²) in [5.74, 6) is -0.458. The number of rotatable bonds is 2. The molecule has 3 aliphatic rings. The number of halogens is 5. The van der Waals surface area contributed by atoms with Gasteiger partial charge in [-0.2, -0.15) is 0 Å². The van der Waals surface area contributed by atoms with Crippen LogP contribution in [0.3, 0.4) is 0 Å². The van der Waals surface area contributed by atoms with E-state index in [0.29, 0.717) is 5.56 Å². The van der Waals surface area contributed by atoms with Crippen LogP contribution in [0.2, 0.25) is 10.3 Å². The molecule has 0 atom stereocenters. The topological polar surface area (TPSA) is 0 Å². The standard InChI is InChI=1S/C11H9BClF4.K/c13-9-3-7(14)1-2-8(9)10-4-11(5-10,6-10)12(15,16)17;/h1-3H,4-6H2;/q-1;+1. The maximum absolute atomic E-state index is 12.9. The van der Waals surface area contributed by atoms with Crippen molar-refractivity contribution in [3.05, 3.63) is 34.6 Å². The molecule has 0 amide bonds. The average Bonchev–Trinajstić information content (AvgIpc) is 2.01. The monoisotopic (exact) mass is 302 g/mol. The molecule has 3 saturated carbocycles. The zero-order valence-electron chi connectivity index (χ0n) is 9.82. The normalized spacial score (nSPS) is 33.2. The van der Waals surface area contributed by atoms with Gasteiger partial charge in [0.15, 0.2) is 0 Å². The molecule has 0 saturated heterocycles. The van der Waals surface area contributed by atoms with Crippen LogP contribution in [0.25, 0.3) is 0 Å². The van der Waals surface area contributed by atoms with E-state index in [1.165, 1.54) is 18.2 Å². The van der Waals surface area contributed by atoms with E-state index in [1.807, 2.05) is 0 Å². The Labute approximate surface area is 150 Å². The summed E-state index contributed by atoms with van der Waals surface area (Å²) in [7, 11) is 0. The first-order chi connectivity index (χ1) is 7.78. The Morgan fingerprint density at radius 1 is 1.11 bits per heavy atom. The molecule has 0 spiro atoms. The van der Waals surface area contributed by atoms with Gasteiger partial charge < -0.3 is 12.9 Å². The Morgan fingerprint density at radius 2 is 1.67 bits per heavy atom. The first kappa shape index (κ1) is 15.3. The third-order valence-corrected chi connectivity index (χ3v) is 4.58. The molecule has 92 valence electrons. The minimum atomic E-state index is -4.77. The number of hydrogen-bond acceptors (Lipinski definition) is 0. The van der Waals surface area contributed by atoms with E-state index in [9.17, 15) is 17.3 Å². The summed E-state index contributed by atoms with van der Waals surface area (Å²) in [6, 6.07) is 3.94. The number of hydrogen-bond donors (Lipinski definition) is 0. The van der Waals surface area contributed by atoms with Gasteiger partial charge in [-0.05, 0) is 23.1 Å². The largest absolute Gasteiger partial charge is 1.00 e. The Kier molecular flexibility index (Phi) is 3.80. The van der Waals surface area contributed by atoms with Crippen LogP contribution < -0.4 is 51.4 Å². The molecule has 0 aromatic heterocycles. The molecule has 0 nitrogen and oxygen atoms in total. The molecule has 1 aromatic rings. The third-order valence-electron chi connectivity index (χ3n) is 4.27. The van der Waals surface area contributed by atoms with Gasteiger partial charge in [0.25, 0.3) is 0 Å². The summed E-state index contributed by atoms with van der Waals surface area (Å²) in [6.45, 7) is -4.77. The quantitative estimate of drug-likeness (QED) is 0.574. The van der Waals surface area contributed by atoms with Crippen LogP contribution >= 0.6 is 11.6 Å². The molecule has 0 heterocycles. The van der Waals surface area contributed by atoms with Gasteiger partial charge in [-0.25, -0.2) is 4.39 Å². The van der Waals surface area contributed by atoms with Crippen LogP contribution in [-0.2, 0) is 5.41 Å². The maximum atomic E-state index is 12.9. The van der Waals surface area contributed by atoms with Gasteiger partial charge in [0.2, 0.25) is 0 Å². The predicted octanol–water partition coefficient (Wildman–Crippen LogP) is 1.51. The summed E-state index contributed by atoms with van der Waals surface area (Å²) < 4.78 is 51.1. The van der Waals surface area contributed by atoms with E-state index in [4.69, 9.17) is 11.6 Å². The SMILES string of the molecule is Fc1ccc(C23CC([B-](F)(F)F)(C2)C3)c(Cl)c1.[K+]. The van der Waals surface area contributed by atoms with Crippen LogP contribution in [0.15, 0.2) is 18.2 Å². The second-order valence-corrected chi connectivity index (χ2v) is 5.78. The van der Waals surface area contributed by atoms with Crippen molar-refractivity contribution in [2.75, 3.05) is 0 Å². The van der Waals surface area contributed by atoms with Gasteiger partial charge in [0.1, 0.15) is 5.82 Å². The average molecular weight is 303 g/mol. The molecule has 3 aliphatic carbocycles. The molecule has 0 aliphatic heterocycles. The second-order valence-electron chi connectivity index (χ2n) is 5.37. The number of benzene rings is 1. The first-order valence-electron chi connectivity index (χ1n) is 5.43. The van der Waals surface area contributed by atoms with E-state index < -0.39 is 23.5 Å². The predicted molar refractivity (Wildman–Crippen MR) is 58.7 cm³/mol. The Hall–Kier alpha value is 0.931. The molecule has 3 fully saturated rings. The van der Waals surface area contributed by atoms with Crippen LogP contribution in [0, 0.1) is 5.82 Å². The van der Waals surface area contributed by atoms with Crippen molar-refractivity contribution in [1.82, 2.24) is 0 Å². The molecule has 18 heavy (non-hydrogen) atoms. The molecule has 4 rings (SSSR count). The fourth-order valence-corrected chi connectivity index (χ4v) is 3.79. The summed E-state index contributed by atoms with van der Waals surface area (Å²) in [4.78, 5) is 0. The van der Waals surface area contributed by atoms with Gasteiger partial charge in [0.05, 0.1) is 0 Å². The maximum Gasteiger partial charge on any atom is 1.00 e. The van der Waals surface area contributed by atoms with Crippen LogP contribution in [-0.4, -0.2) is 6.98 Å². The van der Waals surface area contributed by atoms with Crippen LogP contribution in [0.4, 0.5) is 17.3 Å². The fraction of sp³-hybridized carbons (Fsp3) is 0.455. The van der Waals surface area contributed by atoms with Crippen molar-refractivity contribution in [2.45, 2.75) is 30.0 Å². The van der Waals surface area contributed by atoms with E-state index in [1.54, 1.807) is 0 Å².